The van der Waals surface area contributed by atoms with E-state index in [1.54, 1.807) is 0 Å². The fourth-order valence-electron chi connectivity index (χ4n) is 2.25. The highest BCUT2D eigenvalue weighted by atomic mass is 32.1. The van der Waals surface area contributed by atoms with Gasteiger partial charge in [-0.15, -0.1) is 11.3 Å². The average molecular weight is 364 g/mol. The Balaban J connectivity index is 1.76. The number of carbonyl (C=O) groups is 1. The molecule has 0 saturated heterocycles. The van der Waals surface area contributed by atoms with Gasteiger partial charge in [0.1, 0.15) is 5.69 Å². The van der Waals surface area contributed by atoms with Crippen molar-refractivity contribution in [2.24, 2.45) is 0 Å². The summed E-state index contributed by atoms with van der Waals surface area (Å²) in [5.74, 6) is 0.432. The van der Waals surface area contributed by atoms with Crippen LogP contribution in [0.5, 0.6) is 0 Å². The van der Waals surface area contributed by atoms with E-state index in [0.29, 0.717) is 17.9 Å². The van der Waals surface area contributed by atoms with Crippen molar-refractivity contribution in [3.63, 3.8) is 0 Å². The summed E-state index contributed by atoms with van der Waals surface area (Å²) in [5, 5.41) is 8.62. The molecule has 25 heavy (non-hydrogen) atoms. The van der Waals surface area contributed by atoms with Crippen LogP contribution in [-0.4, -0.2) is 21.0 Å². The summed E-state index contributed by atoms with van der Waals surface area (Å²) in [6, 6.07) is 6.22. The molecule has 0 radical (unpaired) electrons. The van der Waals surface area contributed by atoms with Gasteiger partial charge in [0.25, 0.3) is 6.43 Å². The number of hydrogen-bond donors (Lipinski definition) is 1. The normalized spacial score (nSPS) is 12.3. The van der Waals surface area contributed by atoms with E-state index in [0.717, 1.165) is 4.88 Å². The SMILES string of the molecule is CC(=O)NC(Cc1nc(-c2ccc(C(F)F)nc2)no1)c1cccs1. The topological polar surface area (TPSA) is 80.9 Å². The first-order valence-corrected chi connectivity index (χ1v) is 8.28. The highest BCUT2D eigenvalue weighted by molar-refractivity contribution is 7.10. The Morgan fingerprint density at radius 2 is 2.20 bits per heavy atom. The minimum absolute atomic E-state index is 0.162. The molecule has 0 aliphatic carbocycles. The Morgan fingerprint density at radius 1 is 1.36 bits per heavy atom. The van der Waals surface area contributed by atoms with Gasteiger partial charge in [-0.2, -0.15) is 4.98 Å². The van der Waals surface area contributed by atoms with Gasteiger partial charge >= 0.3 is 0 Å². The average Bonchev–Trinajstić information content (AvgIpc) is 3.26. The van der Waals surface area contributed by atoms with Crippen LogP contribution in [-0.2, 0) is 11.2 Å². The highest BCUT2D eigenvalue weighted by Crippen LogP contribution is 2.24. The van der Waals surface area contributed by atoms with Gasteiger partial charge in [-0.05, 0) is 23.6 Å². The minimum Gasteiger partial charge on any atom is -0.348 e. The zero-order chi connectivity index (χ0) is 17.8. The quantitative estimate of drug-likeness (QED) is 0.723. The second kappa shape index (κ2) is 7.47. The molecule has 3 rings (SSSR count). The summed E-state index contributed by atoms with van der Waals surface area (Å²) in [4.78, 5) is 20.3. The summed E-state index contributed by atoms with van der Waals surface area (Å²) in [7, 11) is 0. The van der Waals surface area contributed by atoms with Crippen LogP contribution in [0, 0.1) is 0 Å². The van der Waals surface area contributed by atoms with E-state index in [1.165, 1.54) is 36.6 Å². The number of aromatic nitrogens is 3. The number of thiophene rings is 1. The number of rotatable bonds is 6. The van der Waals surface area contributed by atoms with E-state index in [9.17, 15) is 13.6 Å². The Hall–Kier alpha value is -2.68. The summed E-state index contributed by atoms with van der Waals surface area (Å²) in [6.07, 6.45) is -1.02. The van der Waals surface area contributed by atoms with Gasteiger partial charge in [0.2, 0.25) is 17.6 Å². The lowest BCUT2D eigenvalue weighted by Gasteiger charge is -2.13. The molecule has 0 fully saturated rings. The first-order chi connectivity index (χ1) is 12.0. The number of nitrogens with zero attached hydrogens (tertiary/aromatic N) is 3. The molecule has 1 amide bonds. The number of amides is 1. The number of carbonyl (C=O) groups excluding carboxylic acids is 1. The molecule has 0 aliphatic heterocycles. The lowest BCUT2D eigenvalue weighted by molar-refractivity contribution is -0.119. The molecule has 1 N–H and O–H groups in total. The molecule has 0 aromatic carbocycles. The van der Waals surface area contributed by atoms with Crippen molar-refractivity contribution < 1.29 is 18.1 Å². The van der Waals surface area contributed by atoms with Crippen LogP contribution in [0.1, 0.15) is 35.9 Å². The molecule has 6 nitrogen and oxygen atoms in total. The maximum Gasteiger partial charge on any atom is 0.280 e. The largest absolute Gasteiger partial charge is 0.348 e. The van der Waals surface area contributed by atoms with Crippen LogP contribution in [0.3, 0.4) is 0 Å². The predicted octanol–water partition coefficient (Wildman–Crippen LogP) is 3.55. The van der Waals surface area contributed by atoms with Crippen LogP contribution < -0.4 is 5.32 Å². The van der Waals surface area contributed by atoms with Crippen molar-refractivity contribution in [2.45, 2.75) is 25.8 Å². The summed E-state index contributed by atoms with van der Waals surface area (Å²) < 4.78 is 30.3. The van der Waals surface area contributed by atoms with Crippen LogP contribution in [0.4, 0.5) is 8.78 Å². The van der Waals surface area contributed by atoms with Gasteiger partial charge in [0.15, 0.2) is 0 Å². The molecular formula is C16H14F2N4O2S. The zero-order valence-corrected chi connectivity index (χ0v) is 14.0. The third-order valence-electron chi connectivity index (χ3n) is 3.38. The summed E-state index contributed by atoms with van der Waals surface area (Å²) in [5.41, 5.74) is 0.169. The zero-order valence-electron chi connectivity index (χ0n) is 13.1. The Labute approximate surface area is 145 Å². The number of pyridine rings is 1. The number of halogens is 2. The van der Waals surface area contributed by atoms with E-state index < -0.39 is 6.43 Å². The van der Waals surface area contributed by atoms with Crippen molar-refractivity contribution in [2.75, 3.05) is 0 Å². The van der Waals surface area contributed by atoms with Crippen LogP contribution in [0.15, 0.2) is 40.4 Å². The highest BCUT2D eigenvalue weighted by Gasteiger charge is 2.19. The second-order valence-corrected chi connectivity index (χ2v) is 6.24. The fourth-order valence-corrected chi connectivity index (χ4v) is 3.03. The minimum atomic E-state index is -2.63. The van der Waals surface area contributed by atoms with E-state index in [1.807, 2.05) is 17.5 Å². The molecule has 9 heteroatoms. The molecule has 3 aromatic rings. The molecule has 3 aromatic heterocycles. The molecule has 0 bridgehead atoms. The smallest absolute Gasteiger partial charge is 0.280 e. The predicted molar refractivity (Wildman–Crippen MR) is 87.1 cm³/mol. The number of hydrogen-bond acceptors (Lipinski definition) is 6. The van der Waals surface area contributed by atoms with E-state index in [2.05, 4.69) is 20.4 Å². The molecule has 0 spiro atoms. The third kappa shape index (κ3) is 4.24. The molecule has 3 heterocycles. The first-order valence-electron chi connectivity index (χ1n) is 7.40. The van der Waals surface area contributed by atoms with Gasteiger partial charge < -0.3 is 9.84 Å². The molecular weight excluding hydrogens is 350 g/mol. The Morgan fingerprint density at radius 3 is 2.80 bits per heavy atom. The van der Waals surface area contributed by atoms with Crippen LogP contribution >= 0.6 is 11.3 Å². The maximum absolute atomic E-state index is 12.5. The fraction of sp³-hybridized carbons (Fsp3) is 0.250. The Kier molecular flexibility index (Phi) is 5.13. The maximum atomic E-state index is 12.5. The van der Waals surface area contributed by atoms with Gasteiger partial charge in [0.05, 0.1) is 12.5 Å². The number of alkyl halides is 2. The molecule has 0 aliphatic rings. The van der Waals surface area contributed by atoms with Crippen molar-refractivity contribution in [1.82, 2.24) is 20.4 Å². The van der Waals surface area contributed by atoms with Crippen molar-refractivity contribution in [3.05, 3.63) is 52.3 Å². The van der Waals surface area contributed by atoms with Gasteiger partial charge in [-0.3, -0.25) is 9.78 Å². The molecule has 1 unspecified atom stereocenters. The lowest BCUT2D eigenvalue weighted by Crippen LogP contribution is -2.27. The number of nitrogens with one attached hydrogen (secondary N) is 1. The molecule has 1 atom stereocenters. The molecule has 130 valence electrons. The molecule has 0 saturated carbocycles. The monoisotopic (exact) mass is 364 g/mol. The Bertz CT molecular complexity index is 834. The van der Waals surface area contributed by atoms with Crippen molar-refractivity contribution in [1.29, 1.82) is 0 Å². The third-order valence-corrected chi connectivity index (χ3v) is 4.37. The van der Waals surface area contributed by atoms with Crippen LogP contribution in [0.25, 0.3) is 11.4 Å². The summed E-state index contributed by atoms with van der Waals surface area (Å²) >= 11 is 1.51. The van der Waals surface area contributed by atoms with E-state index >= 15 is 0 Å². The lowest BCUT2D eigenvalue weighted by atomic mass is 10.1. The van der Waals surface area contributed by atoms with E-state index in [-0.39, 0.29) is 23.5 Å². The van der Waals surface area contributed by atoms with Crippen molar-refractivity contribution >= 4 is 17.2 Å². The second-order valence-electron chi connectivity index (χ2n) is 5.26. The van der Waals surface area contributed by atoms with Crippen LogP contribution in [0.2, 0.25) is 0 Å². The standard InChI is InChI=1S/C16H14F2N4O2S/c1-9(23)20-12(13-3-2-6-25-13)7-14-21-16(22-24-14)10-4-5-11(15(17)18)19-8-10/h2-6,8,12,15H,7H2,1H3,(H,20,23). The van der Waals surface area contributed by atoms with E-state index in [4.69, 9.17) is 4.52 Å². The van der Waals surface area contributed by atoms with Gasteiger partial charge in [0, 0.05) is 23.6 Å². The van der Waals surface area contributed by atoms with Gasteiger partial charge in [-0.1, -0.05) is 11.2 Å². The van der Waals surface area contributed by atoms with Crippen molar-refractivity contribution in [3.8, 4) is 11.4 Å². The van der Waals surface area contributed by atoms with Gasteiger partial charge in [-0.25, -0.2) is 8.78 Å². The first kappa shape index (κ1) is 17.2. The summed E-state index contributed by atoms with van der Waals surface area (Å²) in [6.45, 7) is 1.44.